The van der Waals surface area contributed by atoms with Crippen LogP contribution in [0.25, 0.3) is 0 Å². The number of carboxylic acid groups (broad SMARTS) is 1. The highest BCUT2D eigenvalue weighted by Gasteiger charge is 2.38. The molecule has 34 heavy (non-hydrogen) atoms. The molecule has 0 amide bonds. The topological polar surface area (TPSA) is 95.5 Å². The summed E-state index contributed by atoms with van der Waals surface area (Å²) >= 11 is 0. The van der Waals surface area contributed by atoms with Crippen molar-refractivity contribution in [1.29, 1.82) is 0 Å². The molecule has 3 N–H and O–H groups in total. The fourth-order valence-electron chi connectivity index (χ4n) is 4.97. The minimum Gasteiger partial charge on any atom is -0.478 e. The van der Waals surface area contributed by atoms with Crippen LogP contribution in [0.15, 0.2) is 77.7 Å². The van der Waals surface area contributed by atoms with Crippen LogP contribution >= 0.6 is 0 Å². The van der Waals surface area contributed by atoms with Gasteiger partial charge in [-0.2, -0.15) is 0 Å². The van der Waals surface area contributed by atoms with Crippen molar-refractivity contribution in [3.05, 3.63) is 101 Å². The van der Waals surface area contributed by atoms with E-state index < -0.39 is 16.0 Å². The Hall–Kier alpha value is -3.58. The van der Waals surface area contributed by atoms with Crippen LogP contribution in [0.5, 0.6) is 0 Å². The normalized spacial score (nSPS) is 20.8. The fraction of sp³-hybridized carbons (Fsp3) is 0.222. The summed E-state index contributed by atoms with van der Waals surface area (Å²) in [6.45, 7) is 3.86. The number of aryl methyl sites for hydroxylation is 1. The summed E-state index contributed by atoms with van der Waals surface area (Å²) in [7, 11) is -3.75. The van der Waals surface area contributed by atoms with Gasteiger partial charge < -0.3 is 10.4 Å². The van der Waals surface area contributed by atoms with Gasteiger partial charge in [0.25, 0.3) is 10.0 Å². The maximum atomic E-state index is 13.2. The number of nitrogens with one attached hydrogen (secondary N) is 2. The van der Waals surface area contributed by atoms with Gasteiger partial charge >= 0.3 is 5.97 Å². The first-order chi connectivity index (χ1) is 16.2. The Morgan fingerprint density at radius 1 is 1.06 bits per heavy atom. The zero-order chi connectivity index (χ0) is 24.0. The molecule has 3 atom stereocenters. The highest BCUT2D eigenvalue weighted by molar-refractivity contribution is 7.92. The van der Waals surface area contributed by atoms with Crippen LogP contribution in [0.2, 0.25) is 0 Å². The number of sulfonamides is 1. The molecule has 0 saturated carbocycles. The molecule has 5 rings (SSSR count). The van der Waals surface area contributed by atoms with Gasteiger partial charge in [-0.05, 0) is 84.8 Å². The highest BCUT2D eigenvalue weighted by Crippen LogP contribution is 2.50. The fourth-order valence-corrected chi connectivity index (χ4v) is 6.13. The molecular weight excluding hydrogens is 448 g/mol. The molecule has 1 aliphatic heterocycles. The molecule has 0 bridgehead atoms. The number of anilines is 2. The Bertz CT molecular complexity index is 1410. The Balaban J connectivity index is 1.47. The third kappa shape index (κ3) is 3.86. The average molecular weight is 475 g/mol. The monoisotopic (exact) mass is 474 g/mol. The van der Waals surface area contributed by atoms with Crippen LogP contribution in [0.3, 0.4) is 0 Å². The Morgan fingerprint density at radius 2 is 1.82 bits per heavy atom. The van der Waals surface area contributed by atoms with Crippen molar-refractivity contribution in [1.82, 2.24) is 0 Å². The first-order valence-corrected chi connectivity index (χ1v) is 12.7. The predicted molar refractivity (Wildman–Crippen MR) is 133 cm³/mol. The van der Waals surface area contributed by atoms with Gasteiger partial charge in [0.1, 0.15) is 0 Å². The van der Waals surface area contributed by atoms with Gasteiger partial charge in [0.05, 0.1) is 22.2 Å². The number of fused-ring (bicyclic) bond motifs is 3. The summed E-state index contributed by atoms with van der Waals surface area (Å²) in [5, 5.41) is 12.8. The molecule has 3 aromatic rings. The van der Waals surface area contributed by atoms with Gasteiger partial charge in [0.2, 0.25) is 0 Å². The molecule has 2 aliphatic rings. The van der Waals surface area contributed by atoms with Crippen molar-refractivity contribution < 1.29 is 18.3 Å². The zero-order valence-corrected chi connectivity index (χ0v) is 19.8. The number of rotatable bonds is 5. The van der Waals surface area contributed by atoms with Gasteiger partial charge in [-0.3, -0.25) is 4.72 Å². The van der Waals surface area contributed by atoms with Crippen LogP contribution in [-0.4, -0.2) is 19.5 Å². The second-order valence-electron chi connectivity index (χ2n) is 9.00. The van der Waals surface area contributed by atoms with E-state index >= 15 is 0 Å². The number of carboxylic acids is 1. The van der Waals surface area contributed by atoms with Gasteiger partial charge in [-0.25, -0.2) is 13.2 Å². The van der Waals surface area contributed by atoms with E-state index in [-0.39, 0.29) is 28.3 Å². The van der Waals surface area contributed by atoms with Crippen molar-refractivity contribution in [3.8, 4) is 0 Å². The summed E-state index contributed by atoms with van der Waals surface area (Å²) in [6, 6.07) is 17.8. The Kier molecular flexibility index (Phi) is 5.44. The van der Waals surface area contributed by atoms with Crippen LogP contribution in [0.4, 0.5) is 11.4 Å². The summed E-state index contributed by atoms with van der Waals surface area (Å²) in [5.74, 6) is -0.651. The summed E-state index contributed by atoms with van der Waals surface area (Å²) < 4.78 is 29.2. The summed E-state index contributed by atoms with van der Waals surface area (Å²) in [4.78, 5) is 11.5. The number of hydrogen-bond donors (Lipinski definition) is 3. The predicted octanol–water partition coefficient (Wildman–Crippen LogP) is 5.63. The minimum atomic E-state index is -3.75. The van der Waals surface area contributed by atoms with E-state index in [1.165, 1.54) is 0 Å². The van der Waals surface area contributed by atoms with Crippen molar-refractivity contribution in [2.45, 2.75) is 37.1 Å². The first-order valence-electron chi connectivity index (χ1n) is 11.2. The molecule has 174 valence electrons. The molecule has 0 unspecified atom stereocenters. The van der Waals surface area contributed by atoms with Crippen molar-refractivity contribution in [2.24, 2.45) is 5.92 Å². The van der Waals surface area contributed by atoms with Crippen molar-refractivity contribution in [3.63, 3.8) is 0 Å². The molecule has 0 saturated heterocycles. The van der Waals surface area contributed by atoms with Crippen LogP contribution in [0, 0.1) is 19.8 Å². The zero-order valence-electron chi connectivity index (χ0n) is 18.9. The number of benzene rings is 3. The van der Waals surface area contributed by atoms with Crippen LogP contribution in [0.1, 0.15) is 51.0 Å². The second-order valence-corrected chi connectivity index (χ2v) is 10.7. The highest BCUT2D eigenvalue weighted by atomic mass is 32.2. The van der Waals surface area contributed by atoms with E-state index in [9.17, 15) is 18.3 Å². The maximum Gasteiger partial charge on any atom is 0.335 e. The quantitative estimate of drug-likeness (QED) is 0.417. The SMILES string of the molecule is Cc1cccc(NS(=O)(=O)c2ccc3c(c2)[C@H]2C=CC[C@H]2[C@@H](c2ccc(C(=O)O)cc2)N3)c1C. The average Bonchev–Trinajstić information content (AvgIpc) is 3.31. The maximum absolute atomic E-state index is 13.2. The smallest absolute Gasteiger partial charge is 0.335 e. The molecule has 1 heterocycles. The molecule has 0 spiro atoms. The number of aromatic carboxylic acids is 1. The molecule has 7 heteroatoms. The van der Waals surface area contributed by atoms with E-state index in [0.29, 0.717) is 5.69 Å². The van der Waals surface area contributed by atoms with Crippen LogP contribution in [-0.2, 0) is 10.0 Å². The molecule has 1 aliphatic carbocycles. The van der Waals surface area contributed by atoms with E-state index in [1.54, 1.807) is 30.3 Å². The van der Waals surface area contributed by atoms with E-state index in [4.69, 9.17) is 0 Å². The van der Waals surface area contributed by atoms with Gasteiger partial charge in [-0.15, -0.1) is 0 Å². The number of carbonyl (C=O) groups is 1. The van der Waals surface area contributed by atoms with Crippen LogP contribution < -0.4 is 10.0 Å². The molecular formula is C27H26N2O4S. The Labute approximate surface area is 199 Å². The standard InChI is InChI=1S/C27H26N2O4S/c1-16-5-3-8-24(17(16)2)29-34(32,33)20-13-14-25-23(15-20)21-6-4-7-22(21)26(28-25)18-9-11-19(12-10-18)27(30)31/h3-6,8-15,21-22,26,28-29H,7H2,1-2H3,(H,30,31)/t21-,22+,26+/m0/s1. The molecule has 6 nitrogen and oxygen atoms in total. The van der Waals surface area contributed by atoms with E-state index in [1.807, 2.05) is 44.2 Å². The lowest BCUT2D eigenvalue weighted by atomic mass is 9.77. The van der Waals surface area contributed by atoms with Gasteiger partial charge in [-0.1, -0.05) is 36.4 Å². The second kappa shape index (κ2) is 8.33. The molecule has 0 radical (unpaired) electrons. The van der Waals surface area contributed by atoms with E-state index in [2.05, 4.69) is 22.2 Å². The lowest BCUT2D eigenvalue weighted by Gasteiger charge is -2.37. The van der Waals surface area contributed by atoms with Gasteiger partial charge in [0, 0.05) is 11.6 Å². The Morgan fingerprint density at radius 3 is 2.56 bits per heavy atom. The third-order valence-corrected chi connectivity index (χ3v) is 8.37. The molecule has 0 aromatic heterocycles. The molecule has 0 fully saturated rings. The minimum absolute atomic E-state index is 0.00544. The number of hydrogen-bond acceptors (Lipinski definition) is 4. The van der Waals surface area contributed by atoms with Crippen molar-refractivity contribution in [2.75, 3.05) is 10.0 Å². The summed E-state index contributed by atoms with van der Waals surface area (Å²) in [5.41, 5.74) is 5.64. The summed E-state index contributed by atoms with van der Waals surface area (Å²) in [6.07, 6.45) is 5.15. The lowest BCUT2D eigenvalue weighted by molar-refractivity contribution is 0.0697. The third-order valence-electron chi connectivity index (χ3n) is 7.01. The molecule has 3 aromatic carbocycles. The lowest BCUT2D eigenvalue weighted by Crippen LogP contribution is -2.29. The van der Waals surface area contributed by atoms with Gasteiger partial charge in [0.15, 0.2) is 0 Å². The van der Waals surface area contributed by atoms with Crippen molar-refractivity contribution >= 4 is 27.4 Å². The largest absolute Gasteiger partial charge is 0.478 e. The van der Waals surface area contributed by atoms with E-state index in [0.717, 1.165) is 34.4 Å². The first kappa shape index (κ1) is 22.2. The number of allylic oxidation sites excluding steroid dienone is 2.